The fourth-order valence-electron chi connectivity index (χ4n) is 1.76. The second-order valence-electron chi connectivity index (χ2n) is 4.11. The second kappa shape index (κ2) is 6.65. The van der Waals surface area contributed by atoms with Crippen molar-refractivity contribution >= 4 is 33.2 Å². The summed E-state index contributed by atoms with van der Waals surface area (Å²) in [7, 11) is 1.61. The molecule has 2 rings (SSSR count). The molecule has 1 atom stereocenters. The fourth-order valence-corrected chi connectivity index (χ4v) is 2.20. The van der Waals surface area contributed by atoms with E-state index in [1.54, 1.807) is 13.2 Å². The zero-order valence-electron chi connectivity index (χ0n) is 10.7. The zero-order chi connectivity index (χ0) is 14.5. The minimum absolute atomic E-state index is 0.479. The van der Waals surface area contributed by atoms with Crippen LogP contribution in [-0.4, -0.2) is 7.11 Å². The summed E-state index contributed by atoms with van der Waals surface area (Å²) < 4.78 is 5.97. The molecule has 1 unspecified atom stereocenters. The summed E-state index contributed by atoms with van der Waals surface area (Å²) >= 11 is 9.40. The number of nitrogens with zero attached hydrogens (tertiary/aromatic N) is 1. The van der Waals surface area contributed by atoms with E-state index in [-0.39, 0.29) is 0 Å². The maximum absolute atomic E-state index is 9.33. The van der Waals surface area contributed by atoms with Crippen LogP contribution in [0.3, 0.4) is 0 Å². The lowest BCUT2D eigenvalue weighted by molar-refractivity contribution is 0.415. The quantitative estimate of drug-likeness (QED) is 0.861. The molecule has 5 heteroatoms. The van der Waals surface area contributed by atoms with Crippen LogP contribution in [0.1, 0.15) is 11.6 Å². The molecule has 3 nitrogen and oxygen atoms in total. The van der Waals surface area contributed by atoms with E-state index in [0.717, 1.165) is 21.5 Å². The molecule has 0 heterocycles. The van der Waals surface area contributed by atoms with Crippen LogP contribution in [0, 0.1) is 11.3 Å². The van der Waals surface area contributed by atoms with Crippen LogP contribution in [0.25, 0.3) is 0 Å². The SMILES string of the molecule is COc1cccc(NC(C#N)c2ccc(Br)c(Cl)c2)c1. The molecule has 20 heavy (non-hydrogen) atoms. The van der Waals surface area contributed by atoms with E-state index in [2.05, 4.69) is 27.3 Å². The van der Waals surface area contributed by atoms with Gasteiger partial charge in [-0.05, 0) is 45.8 Å². The van der Waals surface area contributed by atoms with Gasteiger partial charge in [0.15, 0.2) is 0 Å². The van der Waals surface area contributed by atoms with Crippen molar-refractivity contribution in [1.29, 1.82) is 5.26 Å². The molecule has 1 N–H and O–H groups in total. The Morgan fingerprint density at radius 3 is 2.75 bits per heavy atom. The van der Waals surface area contributed by atoms with E-state index in [9.17, 15) is 5.26 Å². The first kappa shape index (κ1) is 14.7. The van der Waals surface area contributed by atoms with Gasteiger partial charge in [0.1, 0.15) is 11.8 Å². The molecule has 0 fully saturated rings. The highest BCUT2D eigenvalue weighted by Crippen LogP contribution is 2.28. The third-order valence-electron chi connectivity index (χ3n) is 2.79. The van der Waals surface area contributed by atoms with Gasteiger partial charge in [0.25, 0.3) is 0 Å². The summed E-state index contributed by atoms with van der Waals surface area (Å²) in [5.41, 5.74) is 1.62. The first-order valence-corrected chi connectivity index (χ1v) is 7.06. The van der Waals surface area contributed by atoms with Gasteiger partial charge >= 0.3 is 0 Å². The van der Waals surface area contributed by atoms with Crippen LogP contribution in [0.5, 0.6) is 5.75 Å². The van der Waals surface area contributed by atoms with Gasteiger partial charge in [-0.1, -0.05) is 23.7 Å². The molecule has 102 valence electrons. The highest BCUT2D eigenvalue weighted by molar-refractivity contribution is 9.10. The summed E-state index contributed by atoms with van der Waals surface area (Å²) in [6.45, 7) is 0. The molecule has 0 aliphatic carbocycles. The van der Waals surface area contributed by atoms with Gasteiger partial charge in [0, 0.05) is 16.2 Å². The van der Waals surface area contributed by atoms with E-state index >= 15 is 0 Å². The highest BCUT2D eigenvalue weighted by atomic mass is 79.9. The molecule has 0 spiro atoms. The maximum Gasteiger partial charge on any atom is 0.140 e. The summed E-state index contributed by atoms with van der Waals surface area (Å²) in [4.78, 5) is 0. The van der Waals surface area contributed by atoms with Crippen LogP contribution < -0.4 is 10.1 Å². The number of benzene rings is 2. The molecular weight excluding hydrogens is 340 g/mol. The Hall–Kier alpha value is -1.70. The molecule has 2 aromatic carbocycles. The van der Waals surface area contributed by atoms with Crippen molar-refractivity contribution in [3.63, 3.8) is 0 Å². The minimum atomic E-state index is -0.479. The Balaban J connectivity index is 2.24. The normalized spacial score (nSPS) is 11.5. The third-order valence-corrected chi connectivity index (χ3v) is 4.02. The molecule has 2 aromatic rings. The first-order chi connectivity index (χ1) is 9.63. The highest BCUT2D eigenvalue weighted by Gasteiger charge is 2.12. The lowest BCUT2D eigenvalue weighted by atomic mass is 10.1. The first-order valence-electron chi connectivity index (χ1n) is 5.89. The van der Waals surface area contributed by atoms with Gasteiger partial charge < -0.3 is 10.1 Å². The smallest absolute Gasteiger partial charge is 0.140 e. The molecule has 0 bridgehead atoms. The predicted molar refractivity (Wildman–Crippen MR) is 84.1 cm³/mol. The number of rotatable bonds is 4. The average Bonchev–Trinajstić information content (AvgIpc) is 2.48. The molecular formula is C15H12BrClN2O. The Morgan fingerprint density at radius 1 is 1.30 bits per heavy atom. The number of nitrogens with one attached hydrogen (secondary N) is 1. The van der Waals surface area contributed by atoms with Crippen LogP contribution >= 0.6 is 27.5 Å². The molecule has 0 saturated heterocycles. The number of nitriles is 1. The summed E-state index contributed by atoms with van der Waals surface area (Å²) in [6, 6.07) is 14.6. The number of hydrogen-bond donors (Lipinski definition) is 1. The topological polar surface area (TPSA) is 45.0 Å². The standard InChI is InChI=1S/C15H12BrClN2O/c1-20-12-4-2-3-11(8-12)19-15(9-18)10-5-6-13(16)14(17)7-10/h2-8,15,19H,1H3. The lowest BCUT2D eigenvalue weighted by Crippen LogP contribution is -2.08. The van der Waals surface area contributed by atoms with Crippen LogP contribution in [0.2, 0.25) is 5.02 Å². The van der Waals surface area contributed by atoms with Crippen molar-refractivity contribution in [3.8, 4) is 11.8 Å². The van der Waals surface area contributed by atoms with Crippen molar-refractivity contribution in [3.05, 3.63) is 57.5 Å². The third kappa shape index (κ3) is 3.44. The van der Waals surface area contributed by atoms with Crippen molar-refractivity contribution in [1.82, 2.24) is 0 Å². The molecule has 0 radical (unpaired) electrons. The fraction of sp³-hybridized carbons (Fsp3) is 0.133. The Bertz CT molecular complexity index is 655. The van der Waals surface area contributed by atoms with Crippen molar-refractivity contribution in [2.45, 2.75) is 6.04 Å². The molecule has 0 saturated carbocycles. The van der Waals surface area contributed by atoms with E-state index in [0.29, 0.717) is 5.02 Å². The number of anilines is 1. The monoisotopic (exact) mass is 350 g/mol. The van der Waals surface area contributed by atoms with Crippen molar-refractivity contribution in [2.24, 2.45) is 0 Å². The van der Waals surface area contributed by atoms with Crippen LogP contribution in [0.15, 0.2) is 46.9 Å². The van der Waals surface area contributed by atoms with Crippen molar-refractivity contribution in [2.75, 3.05) is 12.4 Å². The largest absolute Gasteiger partial charge is 0.497 e. The summed E-state index contributed by atoms with van der Waals surface area (Å²) in [5.74, 6) is 0.737. The minimum Gasteiger partial charge on any atom is -0.497 e. The van der Waals surface area contributed by atoms with E-state index < -0.39 is 6.04 Å². The van der Waals surface area contributed by atoms with Crippen LogP contribution in [0.4, 0.5) is 5.69 Å². The van der Waals surface area contributed by atoms with Gasteiger partial charge in [0.2, 0.25) is 0 Å². The number of ether oxygens (including phenoxy) is 1. The van der Waals surface area contributed by atoms with E-state index in [4.69, 9.17) is 16.3 Å². The van der Waals surface area contributed by atoms with Gasteiger partial charge in [-0.2, -0.15) is 5.26 Å². The second-order valence-corrected chi connectivity index (χ2v) is 5.37. The molecule has 0 aliphatic rings. The Kier molecular flexibility index (Phi) is 4.89. The van der Waals surface area contributed by atoms with E-state index in [1.165, 1.54) is 0 Å². The molecule has 0 aromatic heterocycles. The average molecular weight is 352 g/mol. The Morgan fingerprint density at radius 2 is 2.10 bits per heavy atom. The van der Waals surface area contributed by atoms with Crippen LogP contribution in [-0.2, 0) is 0 Å². The number of hydrogen-bond acceptors (Lipinski definition) is 3. The van der Waals surface area contributed by atoms with Crippen molar-refractivity contribution < 1.29 is 4.74 Å². The lowest BCUT2D eigenvalue weighted by Gasteiger charge is -2.14. The zero-order valence-corrected chi connectivity index (χ0v) is 13.1. The predicted octanol–water partition coefficient (Wildman–Crippen LogP) is 4.79. The Labute approximate surface area is 131 Å². The summed E-state index contributed by atoms with van der Waals surface area (Å²) in [6.07, 6.45) is 0. The number of methoxy groups -OCH3 is 1. The maximum atomic E-state index is 9.33. The summed E-state index contributed by atoms with van der Waals surface area (Å²) in [5, 5.41) is 13.1. The number of halogens is 2. The van der Waals surface area contributed by atoms with Gasteiger partial charge in [-0.3, -0.25) is 0 Å². The van der Waals surface area contributed by atoms with Gasteiger partial charge in [-0.25, -0.2) is 0 Å². The molecule has 0 amide bonds. The van der Waals surface area contributed by atoms with Gasteiger partial charge in [0.05, 0.1) is 18.2 Å². The van der Waals surface area contributed by atoms with Gasteiger partial charge in [-0.15, -0.1) is 0 Å². The molecule has 0 aliphatic heterocycles. The van der Waals surface area contributed by atoms with E-state index in [1.807, 2.05) is 36.4 Å².